The summed E-state index contributed by atoms with van der Waals surface area (Å²) >= 11 is 0. The smallest absolute Gasteiger partial charge is 0.121 e. The van der Waals surface area contributed by atoms with Gasteiger partial charge in [-0.05, 0) is 74.1 Å². The third kappa shape index (κ3) is 2.47. The van der Waals surface area contributed by atoms with Crippen LogP contribution < -0.4 is 4.74 Å². The van der Waals surface area contributed by atoms with Gasteiger partial charge < -0.3 is 4.74 Å². The summed E-state index contributed by atoms with van der Waals surface area (Å²) in [4.78, 5) is 0. The van der Waals surface area contributed by atoms with E-state index in [0.717, 1.165) is 11.3 Å². The number of fused-ring (bicyclic) bond motifs is 6. The molecule has 1 heteroatoms. The van der Waals surface area contributed by atoms with Gasteiger partial charge in [0.2, 0.25) is 0 Å². The summed E-state index contributed by atoms with van der Waals surface area (Å²) in [6, 6.07) is 30.6. The molecule has 0 radical (unpaired) electrons. The van der Waals surface area contributed by atoms with Crippen LogP contribution in [0, 0.1) is 6.92 Å². The Balaban J connectivity index is 1.85. The van der Waals surface area contributed by atoms with Crippen molar-refractivity contribution in [1.82, 2.24) is 0 Å². The first-order chi connectivity index (χ1) is 13.3. The molecule has 5 aromatic rings. The number of aryl methyl sites for hydroxylation is 1. The quantitative estimate of drug-likeness (QED) is 0.308. The maximum Gasteiger partial charge on any atom is 0.121 e. The number of hydrogen-bond acceptors (Lipinski definition) is 1. The zero-order chi connectivity index (χ0) is 18.4. The van der Waals surface area contributed by atoms with Gasteiger partial charge in [-0.2, -0.15) is 0 Å². The maximum absolute atomic E-state index is 5.41. The summed E-state index contributed by atoms with van der Waals surface area (Å²) in [6.45, 7) is 2.09. The highest BCUT2D eigenvalue weighted by Crippen LogP contribution is 2.37. The zero-order valence-corrected chi connectivity index (χ0v) is 15.5. The van der Waals surface area contributed by atoms with Crippen molar-refractivity contribution in [2.24, 2.45) is 0 Å². The SMILES string of the molecule is COc1ccc(-c2ccc3c4ccccc4c4ccccc4c3c2)cc1C. The van der Waals surface area contributed by atoms with Gasteiger partial charge >= 0.3 is 0 Å². The van der Waals surface area contributed by atoms with Crippen LogP contribution in [0.4, 0.5) is 0 Å². The Labute approximate surface area is 158 Å². The van der Waals surface area contributed by atoms with E-state index in [1.165, 1.54) is 43.4 Å². The lowest BCUT2D eigenvalue weighted by molar-refractivity contribution is 0.412. The van der Waals surface area contributed by atoms with Crippen LogP contribution >= 0.6 is 0 Å². The molecule has 0 aliphatic carbocycles. The van der Waals surface area contributed by atoms with Gasteiger partial charge in [0.05, 0.1) is 7.11 Å². The Hall–Kier alpha value is -3.32. The second kappa shape index (κ2) is 6.14. The Kier molecular flexibility index (Phi) is 3.61. The van der Waals surface area contributed by atoms with Crippen molar-refractivity contribution in [2.45, 2.75) is 6.92 Å². The molecule has 0 fully saturated rings. The summed E-state index contributed by atoms with van der Waals surface area (Å²) in [7, 11) is 1.72. The average molecular weight is 348 g/mol. The fourth-order valence-corrected chi connectivity index (χ4v) is 4.15. The van der Waals surface area contributed by atoms with E-state index in [4.69, 9.17) is 4.74 Å². The van der Waals surface area contributed by atoms with Crippen LogP contribution in [0.2, 0.25) is 0 Å². The Morgan fingerprint density at radius 3 is 1.56 bits per heavy atom. The molecule has 0 aliphatic rings. The van der Waals surface area contributed by atoms with E-state index in [0.29, 0.717) is 0 Å². The number of methoxy groups -OCH3 is 1. The Bertz CT molecular complexity index is 1280. The molecule has 0 N–H and O–H groups in total. The van der Waals surface area contributed by atoms with E-state index < -0.39 is 0 Å². The van der Waals surface area contributed by atoms with Crippen LogP contribution in [-0.2, 0) is 0 Å². The van der Waals surface area contributed by atoms with Crippen LogP contribution in [-0.4, -0.2) is 7.11 Å². The highest BCUT2D eigenvalue weighted by Gasteiger charge is 2.10. The molecule has 0 unspecified atom stereocenters. The summed E-state index contributed by atoms with van der Waals surface area (Å²) in [6.07, 6.45) is 0. The fraction of sp³-hybridized carbons (Fsp3) is 0.0769. The van der Waals surface area contributed by atoms with Crippen molar-refractivity contribution >= 4 is 32.3 Å². The van der Waals surface area contributed by atoms with E-state index in [1.54, 1.807) is 7.11 Å². The van der Waals surface area contributed by atoms with Crippen LogP contribution in [0.1, 0.15) is 5.56 Å². The van der Waals surface area contributed by atoms with Crippen molar-refractivity contribution < 1.29 is 4.74 Å². The van der Waals surface area contributed by atoms with E-state index >= 15 is 0 Å². The van der Waals surface area contributed by atoms with Gasteiger partial charge in [0.1, 0.15) is 5.75 Å². The Morgan fingerprint density at radius 2 is 1.00 bits per heavy atom. The summed E-state index contributed by atoms with van der Waals surface area (Å²) in [5.41, 5.74) is 3.60. The topological polar surface area (TPSA) is 9.23 Å². The minimum absolute atomic E-state index is 0.927. The molecule has 0 spiro atoms. The molecule has 0 saturated heterocycles. The largest absolute Gasteiger partial charge is 0.496 e. The number of hydrogen-bond donors (Lipinski definition) is 0. The van der Waals surface area contributed by atoms with Crippen LogP contribution in [0.15, 0.2) is 84.9 Å². The molecular weight excluding hydrogens is 328 g/mol. The molecule has 27 heavy (non-hydrogen) atoms. The van der Waals surface area contributed by atoms with E-state index in [1.807, 2.05) is 6.07 Å². The molecule has 0 saturated carbocycles. The number of rotatable bonds is 2. The molecule has 0 aromatic heterocycles. The van der Waals surface area contributed by atoms with E-state index in [-0.39, 0.29) is 0 Å². The standard InChI is InChI=1S/C26H20O/c1-17-15-18(12-14-26(17)27-2)19-11-13-24-22-9-4-3-7-20(22)21-8-5-6-10-23(21)25(24)16-19/h3-16H,1-2H3. The molecular formula is C26H20O. The molecule has 1 nitrogen and oxygen atoms in total. The van der Waals surface area contributed by atoms with Crippen LogP contribution in [0.3, 0.4) is 0 Å². The first kappa shape index (κ1) is 15.9. The fourth-order valence-electron chi connectivity index (χ4n) is 4.15. The molecule has 0 bridgehead atoms. The molecule has 0 aliphatic heterocycles. The summed E-state index contributed by atoms with van der Waals surface area (Å²) in [5.74, 6) is 0.927. The summed E-state index contributed by atoms with van der Waals surface area (Å²) in [5, 5.41) is 7.84. The van der Waals surface area contributed by atoms with E-state index in [9.17, 15) is 0 Å². The predicted octanol–water partition coefficient (Wildman–Crippen LogP) is 7.13. The highest BCUT2D eigenvalue weighted by atomic mass is 16.5. The molecule has 130 valence electrons. The lowest BCUT2D eigenvalue weighted by atomic mass is 9.92. The molecule has 5 aromatic carbocycles. The van der Waals surface area contributed by atoms with Crippen LogP contribution in [0.25, 0.3) is 43.4 Å². The minimum atomic E-state index is 0.927. The van der Waals surface area contributed by atoms with Crippen molar-refractivity contribution in [3.8, 4) is 16.9 Å². The first-order valence-corrected chi connectivity index (χ1v) is 9.24. The van der Waals surface area contributed by atoms with Gasteiger partial charge in [0.25, 0.3) is 0 Å². The number of benzene rings is 5. The van der Waals surface area contributed by atoms with Crippen molar-refractivity contribution in [3.63, 3.8) is 0 Å². The van der Waals surface area contributed by atoms with Gasteiger partial charge in [-0.25, -0.2) is 0 Å². The second-order valence-corrected chi connectivity index (χ2v) is 7.04. The normalized spacial score (nSPS) is 11.3. The van der Waals surface area contributed by atoms with Crippen molar-refractivity contribution in [2.75, 3.05) is 7.11 Å². The van der Waals surface area contributed by atoms with Crippen LogP contribution in [0.5, 0.6) is 5.75 Å². The third-order valence-corrected chi connectivity index (χ3v) is 5.47. The monoisotopic (exact) mass is 348 g/mol. The predicted molar refractivity (Wildman–Crippen MR) is 116 cm³/mol. The average Bonchev–Trinajstić information content (AvgIpc) is 2.73. The van der Waals surface area contributed by atoms with Gasteiger partial charge in [0.15, 0.2) is 0 Å². The second-order valence-electron chi connectivity index (χ2n) is 7.04. The molecule has 0 heterocycles. The lowest BCUT2D eigenvalue weighted by Gasteiger charge is -2.13. The highest BCUT2D eigenvalue weighted by molar-refractivity contribution is 6.25. The van der Waals surface area contributed by atoms with Crippen molar-refractivity contribution in [3.05, 3.63) is 90.5 Å². The maximum atomic E-state index is 5.41. The molecule has 5 rings (SSSR count). The first-order valence-electron chi connectivity index (χ1n) is 9.24. The summed E-state index contributed by atoms with van der Waals surface area (Å²) < 4.78 is 5.41. The third-order valence-electron chi connectivity index (χ3n) is 5.47. The van der Waals surface area contributed by atoms with Gasteiger partial charge in [0, 0.05) is 0 Å². The minimum Gasteiger partial charge on any atom is -0.496 e. The van der Waals surface area contributed by atoms with E-state index in [2.05, 4.69) is 85.8 Å². The zero-order valence-electron chi connectivity index (χ0n) is 15.5. The molecule has 0 amide bonds. The number of ether oxygens (including phenoxy) is 1. The van der Waals surface area contributed by atoms with Gasteiger partial charge in [-0.15, -0.1) is 0 Å². The Morgan fingerprint density at radius 1 is 0.519 bits per heavy atom. The molecule has 0 atom stereocenters. The van der Waals surface area contributed by atoms with Gasteiger partial charge in [-0.3, -0.25) is 0 Å². The lowest BCUT2D eigenvalue weighted by Crippen LogP contribution is -1.88. The van der Waals surface area contributed by atoms with Crippen molar-refractivity contribution in [1.29, 1.82) is 0 Å². The van der Waals surface area contributed by atoms with Gasteiger partial charge in [-0.1, -0.05) is 66.7 Å².